The lowest BCUT2D eigenvalue weighted by Gasteiger charge is -2.24. The highest BCUT2D eigenvalue weighted by Crippen LogP contribution is 2.43. The second-order valence-corrected chi connectivity index (χ2v) is 16.4. The first-order valence-corrected chi connectivity index (χ1v) is 22.8. The molecule has 2 atom stereocenters. The summed E-state index contributed by atoms with van der Waals surface area (Å²) in [7, 11) is 1.62. The van der Waals surface area contributed by atoms with Gasteiger partial charge in [0.25, 0.3) is 0 Å². The molecule has 0 aliphatic rings. The number of unbranched alkanes of at least 4 members (excludes halogenated alkanes) is 10. The van der Waals surface area contributed by atoms with Crippen molar-refractivity contribution in [1.29, 1.82) is 0 Å². The fourth-order valence-corrected chi connectivity index (χ4v) is 5.94. The van der Waals surface area contributed by atoms with Crippen LogP contribution in [0.5, 0.6) is 0 Å². The Morgan fingerprint density at radius 2 is 1.00 bits per heavy atom. The zero-order chi connectivity index (χ0) is 40.6. The third kappa shape index (κ3) is 42.7. The van der Waals surface area contributed by atoms with Crippen LogP contribution >= 0.6 is 7.82 Å². The summed E-state index contributed by atoms with van der Waals surface area (Å²) in [5.74, 6) is -0.361. The van der Waals surface area contributed by atoms with Crippen LogP contribution in [0.2, 0.25) is 0 Å². The smallest absolute Gasteiger partial charge is 0.457 e. The lowest BCUT2D eigenvalue weighted by Crippen LogP contribution is -2.37. The standard InChI is InChI=1S/C46H80NO7P/c1-6-8-10-12-14-16-18-20-22-23-24-26-28-30-32-34-36-38-41-51-43-45(44-53-55(49,50)52-42-40-47(3,4)5)54-46(48)39-37-35-33-31-29-27-25-21-19-17-15-13-11-9-7-2/h8-11,14-17,20-22,25,29,31,45H,6-7,12-13,18-19,23-24,26-28,30,32-44H2,1-5H3/p+1/b10-8-,11-9-,16-14-,17-15-,22-20-,25-21-,31-29-. The Kier molecular flexibility index (Phi) is 36.9. The first-order valence-electron chi connectivity index (χ1n) is 21.3. The van der Waals surface area contributed by atoms with E-state index in [1.54, 1.807) is 0 Å². The SMILES string of the molecule is CC/C=C\C/C=C\C/C=C\C/C=C\CCCCC(=O)OC(COCCCCCCCCCC/C=C\C/C=C\C/C=C\CC)COP(=O)(O)OCC[N+](C)(C)C. The Hall–Kier alpha value is -2.32. The van der Waals surface area contributed by atoms with Crippen LogP contribution in [0.3, 0.4) is 0 Å². The minimum Gasteiger partial charge on any atom is -0.457 e. The third-order valence-corrected chi connectivity index (χ3v) is 9.44. The molecule has 0 spiro atoms. The molecule has 9 heteroatoms. The van der Waals surface area contributed by atoms with E-state index in [-0.39, 0.29) is 32.2 Å². The van der Waals surface area contributed by atoms with Gasteiger partial charge in [0.2, 0.25) is 0 Å². The number of carbonyl (C=O) groups is 1. The average Bonchev–Trinajstić information content (AvgIpc) is 3.13. The molecule has 0 saturated heterocycles. The highest BCUT2D eigenvalue weighted by molar-refractivity contribution is 7.47. The van der Waals surface area contributed by atoms with E-state index in [1.807, 2.05) is 21.1 Å². The van der Waals surface area contributed by atoms with E-state index < -0.39 is 13.9 Å². The Balaban J connectivity index is 4.34. The molecular formula is C46H81NO7P+. The van der Waals surface area contributed by atoms with Gasteiger partial charge in [0, 0.05) is 13.0 Å². The number of hydrogen-bond acceptors (Lipinski definition) is 6. The van der Waals surface area contributed by atoms with Crippen LogP contribution in [-0.4, -0.2) is 75.6 Å². The van der Waals surface area contributed by atoms with Crippen LogP contribution in [0.4, 0.5) is 0 Å². The first-order chi connectivity index (χ1) is 26.6. The largest absolute Gasteiger partial charge is 0.472 e. The van der Waals surface area contributed by atoms with Gasteiger partial charge in [-0.1, -0.05) is 137 Å². The van der Waals surface area contributed by atoms with Crippen molar-refractivity contribution in [2.45, 2.75) is 148 Å². The van der Waals surface area contributed by atoms with Crippen molar-refractivity contribution in [2.75, 3.05) is 54.1 Å². The summed E-state index contributed by atoms with van der Waals surface area (Å²) in [4.78, 5) is 22.8. The molecule has 0 heterocycles. The van der Waals surface area contributed by atoms with Crippen molar-refractivity contribution >= 4 is 13.8 Å². The van der Waals surface area contributed by atoms with Gasteiger partial charge in [-0.25, -0.2) is 4.57 Å². The number of nitrogens with zero attached hydrogens (tertiary/aromatic N) is 1. The summed E-state index contributed by atoms with van der Waals surface area (Å²) in [6.45, 7) is 5.29. The molecule has 0 aliphatic carbocycles. The van der Waals surface area contributed by atoms with Crippen LogP contribution in [-0.2, 0) is 27.9 Å². The van der Waals surface area contributed by atoms with Crippen LogP contribution in [0.25, 0.3) is 0 Å². The molecule has 2 unspecified atom stereocenters. The number of phosphoric acid groups is 1. The third-order valence-electron chi connectivity index (χ3n) is 8.45. The summed E-state index contributed by atoms with van der Waals surface area (Å²) >= 11 is 0. The van der Waals surface area contributed by atoms with E-state index in [9.17, 15) is 14.3 Å². The molecule has 0 aliphatic heterocycles. The molecule has 0 amide bonds. The average molecular weight is 791 g/mol. The molecule has 0 bridgehead atoms. The zero-order valence-corrected chi connectivity index (χ0v) is 36.5. The van der Waals surface area contributed by atoms with E-state index in [0.717, 1.165) is 77.0 Å². The van der Waals surface area contributed by atoms with E-state index in [1.165, 1.54) is 38.5 Å². The number of ether oxygens (including phenoxy) is 2. The van der Waals surface area contributed by atoms with Crippen molar-refractivity contribution in [3.8, 4) is 0 Å². The number of allylic oxidation sites excluding steroid dienone is 14. The predicted octanol–water partition coefficient (Wildman–Crippen LogP) is 12.5. The van der Waals surface area contributed by atoms with Gasteiger partial charge >= 0.3 is 13.8 Å². The summed E-state index contributed by atoms with van der Waals surface area (Å²) in [5.41, 5.74) is 0. The van der Waals surface area contributed by atoms with Crippen LogP contribution in [0.15, 0.2) is 85.1 Å². The number of esters is 1. The van der Waals surface area contributed by atoms with E-state index in [0.29, 0.717) is 24.1 Å². The van der Waals surface area contributed by atoms with Gasteiger partial charge in [0.1, 0.15) is 19.3 Å². The van der Waals surface area contributed by atoms with Gasteiger partial charge < -0.3 is 18.9 Å². The molecular weight excluding hydrogens is 709 g/mol. The van der Waals surface area contributed by atoms with Gasteiger partial charge in [-0.15, -0.1) is 0 Å². The number of quaternary nitrogens is 1. The molecule has 1 N–H and O–H groups in total. The molecule has 316 valence electrons. The molecule has 0 aromatic rings. The lowest BCUT2D eigenvalue weighted by atomic mass is 10.1. The summed E-state index contributed by atoms with van der Waals surface area (Å²) in [6.07, 6.45) is 50.5. The maximum absolute atomic E-state index is 12.7. The Labute approximate surface area is 337 Å². The van der Waals surface area contributed by atoms with E-state index >= 15 is 0 Å². The molecule has 0 saturated carbocycles. The van der Waals surface area contributed by atoms with Crippen molar-refractivity contribution in [3.05, 3.63) is 85.1 Å². The Bertz CT molecular complexity index is 1150. The maximum Gasteiger partial charge on any atom is 0.472 e. The lowest BCUT2D eigenvalue weighted by molar-refractivity contribution is -0.870. The minimum atomic E-state index is -4.29. The van der Waals surface area contributed by atoms with E-state index in [4.69, 9.17) is 18.5 Å². The summed E-state index contributed by atoms with van der Waals surface area (Å²) in [5, 5.41) is 0. The fourth-order valence-electron chi connectivity index (χ4n) is 5.20. The topological polar surface area (TPSA) is 91.3 Å². The molecule has 0 fully saturated rings. The highest BCUT2D eigenvalue weighted by Gasteiger charge is 2.26. The van der Waals surface area contributed by atoms with Crippen molar-refractivity contribution in [1.82, 2.24) is 0 Å². The number of hydrogen-bond donors (Lipinski definition) is 1. The van der Waals surface area contributed by atoms with Crippen molar-refractivity contribution in [3.63, 3.8) is 0 Å². The normalized spacial score (nSPS) is 14.7. The van der Waals surface area contributed by atoms with Gasteiger partial charge in [0.05, 0.1) is 34.4 Å². The fraction of sp³-hybridized carbons (Fsp3) is 0.674. The number of likely N-dealkylation sites (N-methyl/N-ethyl adjacent to an activating group) is 1. The molecule has 0 rings (SSSR count). The van der Waals surface area contributed by atoms with Gasteiger partial charge in [0.15, 0.2) is 0 Å². The second-order valence-electron chi connectivity index (χ2n) is 15.0. The van der Waals surface area contributed by atoms with Crippen molar-refractivity contribution < 1.29 is 37.3 Å². The van der Waals surface area contributed by atoms with Crippen LogP contribution in [0.1, 0.15) is 142 Å². The monoisotopic (exact) mass is 791 g/mol. The Morgan fingerprint density at radius 3 is 1.49 bits per heavy atom. The number of rotatable bonds is 38. The van der Waals surface area contributed by atoms with E-state index in [2.05, 4.69) is 98.9 Å². The first kappa shape index (κ1) is 52.7. The zero-order valence-electron chi connectivity index (χ0n) is 35.6. The summed E-state index contributed by atoms with van der Waals surface area (Å²) < 4.78 is 34.9. The maximum atomic E-state index is 12.7. The van der Waals surface area contributed by atoms with Gasteiger partial charge in [-0.05, 0) is 83.5 Å². The molecule has 0 aromatic carbocycles. The minimum absolute atomic E-state index is 0.0741. The molecule has 8 nitrogen and oxygen atoms in total. The van der Waals surface area contributed by atoms with Crippen LogP contribution in [0, 0.1) is 0 Å². The van der Waals surface area contributed by atoms with Crippen LogP contribution < -0.4 is 0 Å². The van der Waals surface area contributed by atoms with Crippen molar-refractivity contribution in [2.24, 2.45) is 0 Å². The highest BCUT2D eigenvalue weighted by atomic mass is 31.2. The Morgan fingerprint density at radius 1 is 0.564 bits per heavy atom. The van der Waals surface area contributed by atoms with Gasteiger partial charge in [-0.2, -0.15) is 0 Å². The summed E-state index contributed by atoms with van der Waals surface area (Å²) in [6, 6.07) is 0. The molecule has 0 radical (unpaired) electrons. The predicted molar refractivity (Wildman–Crippen MR) is 233 cm³/mol. The quantitative estimate of drug-likeness (QED) is 0.0219. The number of phosphoric ester groups is 1. The molecule has 0 aromatic heterocycles. The number of carbonyl (C=O) groups excluding carboxylic acids is 1. The second kappa shape index (κ2) is 38.5. The van der Waals surface area contributed by atoms with Gasteiger partial charge in [-0.3, -0.25) is 13.8 Å². The molecule has 55 heavy (non-hydrogen) atoms.